The van der Waals surface area contributed by atoms with Crippen molar-refractivity contribution in [3.8, 4) is 5.69 Å². The number of benzene rings is 2. The first-order valence-corrected chi connectivity index (χ1v) is 11.0. The van der Waals surface area contributed by atoms with Crippen LogP contribution in [0, 0.1) is 17.0 Å². The molecule has 2 aromatic carbocycles. The number of amides is 1. The van der Waals surface area contributed by atoms with Crippen LogP contribution in [0.1, 0.15) is 33.3 Å². The second kappa shape index (κ2) is 9.74. The molecular formula is C24H25N5O5. The molecule has 4 rings (SSSR count). The number of hydrogen-bond acceptors (Lipinski definition) is 7. The van der Waals surface area contributed by atoms with Gasteiger partial charge in [0, 0.05) is 49.6 Å². The molecule has 0 N–H and O–H groups in total. The molecule has 1 aromatic heterocycles. The molecule has 1 saturated heterocycles. The first kappa shape index (κ1) is 23.0. The number of carbonyl (C=O) groups is 2. The summed E-state index contributed by atoms with van der Waals surface area (Å²) in [5.74, 6) is -0.467. The summed E-state index contributed by atoms with van der Waals surface area (Å²) in [5.41, 5.74) is 3.35. The molecule has 0 atom stereocenters. The molecule has 10 heteroatoms. The van der Waals surface area contributed by atoms with Gasteiger partial charge in [-0.3, -0.25) is 14.9 Å². The lowest BCUT2D eigenvalue weighted by Gasteiger charge is -2.36. The van der Waals surface area contributed by atoms with E-state index in [2.05, 4.69) is 10.00 Å². The van der Waals surface area contributed by atoms with Gasteiger partial charge in [0.25, 0.3) is 11.6 Å². The summed E-state index contributed by atoms with van der Waals surface area (Å²) >= 11 is 0. The molecule has 1 aliphatic heterocycles. The van der Waals surface area contributed by atoms with Crippen molar-refractivity contribution in [1.82, 2.24) is 14.7 Å². The summed E-state index contributed by atoms with van der Waals surface area (Å²) in [4.78, 5) is 39.3. The fraction of sp³-hybridized carbons (Fsp3) is 0.292. The number of nitrogens with zero attached hydrogens (tertiary/aromatic N) is 5. The van der Waals surface area contributed by atoms with E-state index in [4.69, 9.17) is 4.74 Å². The first-order chi connectivity index (χ1) is 16.4. The van der Waals surface area contributed by atoms with Gasteiger partial charge in [0.05, 0.1) is 29.1 Å². The van der Waals surface area contributed by atoms with Crippen LogP contribution in [0.15, 0.2) is 54.7 Å². The van der Waals surface area contributed by atoms with Crippen LogP contribution in [0.5, 0.6) is 0 Å². The van der Waals surface area contributed by atoms with Gasteiger partial charge in [-0.25, -0.2) is 9.48 Å². The molecule has 176 valence electrons. The molecule has 3 aromatic rings. The van der Waals surface area contributed by atoms with Gasteiger partial charge in [-0.15, -0.1) is 0 Å². The van der Waals surface area contributed by atoms with Gasteiger partial charge in [0.1, 0.15) is 5.56 Å². The molecule has 0 aliphatic carbocycles. The van der Waals surface area contributed by atoms with E-state index in [1.54, 1.807) is 59.8 Å². The van der Waals surface area contributed by atoms with E-state index in [9.17, 15) is 19.7 Å². The summed E-state index contributed by atoms with van der Waals surface area (Å²) < 4.78 is 6.70. The summed E-state index contributed by atoms with van der Waals surface area (Å²) in [6, 6.07) is 13.6. The zero-order valence-electron chi connectivity index (χ0n) is 19.0. The Balaban J connectivity index is 1.39. The zero-order valence-corrected chi connectivity index (χ0v) is 19.0. The lowest BCUT2D eigenvalue weighted by molar-refractivity contribution is -0.384. The van der Waals surface area contributed by atoms with Crippen LogP contribution < -0.4 is 4.90 Å². The highest BCUT2D eigenvalue weighted by atomic mass is 16.6. The third kappa shape index (κ3) is 4.61. The molecule has 1 amide bonds. The number of nitro groups is 1. The van der Waals surface area contributed by atoms with Crippen LogP contribution in [0.25, 0.3) is 5.69 Å². The number of aromatic nitrogens is 2. The van der Waals surface area contributed by atoms with Crippen LogP contribution in [-0.4, -0.2) is 64.3 Å². The standard InChI is InChI=1S/C24H25N5O5/c1-3-34-24(31)22-16-25-28(17(22)2)20-6-4-18(5-7-20)23(30)27-14-12-26(13-15-27)19-8-10-21(11-9-19)29(32)33/h4-11,16H,3,12-15H2,1-2H3. The fourth-order valence-corrected chi connectivity index (χ4v) is 3.96. The average molecular weight is 463 g/mol. The number of anilines is 1. The predicted octanol–water partition coefficient (Wildman–Crippen LogP) is 3.23. The van der Waals surface area contributed by atoms with E-state index < -0.39 is 10.9 Å². The molecule has 2 heterocycles. The molecule has 0 bridgehead atoms. The van der Waals surface area contributed by atoms with Crippen LogP contribution in [0.4, 0.5) is 11.4 Å². The highest BCUT2D eigenvalue weighted by Crippen LogP contribution is 2.22. The molecular weight excluding hydrogens is 438 g/mol. The Morgan fingerprint density at radius 1 is 1.00 bits per heavy atom. The summed E-state index contributed by atoms with van der Waals surface area (Å²) in [7, 11) is 0. The summed E-state index contributed by atoms with van der Waals surface area (Å²) in [6.07, 6.45) is 1.48. The van der Waals surface area contributed by atoms with E-state index in [0.717, 1.165) is 11.4 Å². The molecule has 0 spiro atoms. The minimum Gasteiger partial charge on any atom is -0.462 e. The number of carbonyl (C=O) groups excluding carboxylic acids is 2. The van der Waals surface area contributed by atoms with Gasteiger partial charge in [-0.05, 0) is 50.2 Å². The van der Waals surface area contributed by atoms with E-state index in [1.807, 2.05) is 0 Å². The van der Waals surface area contributed by atoms with E-state index in [0.29, 0.717) is 49.6 Å². The van der Waals surface area contributed by atoms with Crippen molar-refractivity contribution in [3.05, 3.63) is 81.7 Å². The SMILES string of the molecule is CCOC(=O)c1cnn(-c2ccc(C(=O)N3CCN(c4ccc([N+](=O)[O-])cc4)CC3)cc2)c1C. The van der Waals surface area contributed by atoms with Crippen LogP contribution in [0.3, 0.4) is 0 Å². The van der Waals surface area contributed by atoms with Crippen LogP contribution in [0.2, 0.25) is 0 Å². The maximum absolute atomic E-state index is 13.0. The quantitative estimate of drug-likeness (QED) is 0.313. The first-order valence-electron chi connectivity index (χ1n) is 11.0. The lowest BCUT2D eigenvalue weighted by Crippen LogP contribution is -2.48. The molecule has 1 fully saturated rings. The Bertz CT molecular complexity index is 1200. The molecule has 0 unspecified atom stereocenters. The Morgan fingerprint density at radius 3 is 2.21 bits per heavy atom. The number of esters is 1. The Kier molecular flexibility index (Phi) is 6.58. The molecule has 1 aliphatic rings. The smallest absolute Gasteiger partial charge is 0.341 e. The molecule has 0 radical (unpaired) electrons. The van der Waals surface area contributed by atoms with Crippen molar-refractivity contribution in [1.29, 1.82) is 0 Å². The van der Waals surface area contributed by atoms with Gasteiger partial charge in [-0.1, -0.05) is 0 Å². The number of piperazine rings is 1. The summed E-state index contributed by atoms with van der Waals surface area (Å²) in [6.45, 7) is 6.24. The monoisotopic (exact) mass is 463 g/mol. The number of ether oxygens (including phenoxy) is 1. The highest BCUT2D eigenvalue weighted by Gasteiger charge is 2.23. The molecule has 10 nitrogen and oxygen atoms in total. The maximum atomic E-state index is 13.0. The molecule has 34 heavy (non-hydrogen) atoms. The van der Waals surface area contributed by atoms with Crippen molar-refractivity contribution in [2.45, 2.75) is 13.8 Å². The van der Waals surface area contributed by atoms with Crippen molar-refractivity contribution in [3.63, 3.8) is 0 Å². The third-order valence-corrected chi connectivity index (χ3v) is 5.86. The number of nitro benzene ring substituents is 1. The Hall–Kier alpha value is -4.21. The highest BCUT2D eigenvalue weighted by molar-refractivity contribution is 5.94. The maximum Gasteiger partial charge on any atom is 0.341 e. The lowest BCUT2D eigenvalue weighted by atomic mass is 10.1. The van der Waals surface area contributed by atoms with E-state index in [-0.39, 0.29) is 11.6 Å². The minimum atomic E-state index is -0.418. The van der Waals surface area contributed by atoms with Crippen molar-refractivity contribution < 1.29 is 19.2 Å². The fourth-order valence-electron chi connectivity index (χ4n) is 3.96. The minimum absolute atomic E-state index is 0.0562. The Labute approximate surface area is 196 Å². The van der Waals surface area contributed by atoms with E-state index in [1.165, 1.54) is 18.3 Å². The van der Waals surface area contributed by atoms with Gasteiger partial charge in [0.15, 0.2) is 0 Å². The largest absolute Gasteiger partial charge is 0.462 e. The van der Waals surface area contributed by atoms with Crippen LogP contribution in [-0.2, 0) is 4.74 Å². The second-order valence-corrected chi connectivity index (χ2v) is 7.88. The summed E-state index contributed by atoms with van der Waals surface area (Å²) in [5, 5.41) is 15.1. The second-order valence-electron chi connectivity index (χ2n) is 7.88. The van der Waals surface area contributed by atoms with Gasteiger partial charge < -0.3 is 14.5 Å². The Morgan fingerprint density at radius 2 is 1.62 bits per heavy atom. The van der Waals surface area contributed by atoms with E-state index >= 15 is 0 Å². The van der Waals surface area contributed by atoms with Gasteiger partial charge in [-0.2, -0.15) is 5.10 Å². The zero-order chi connectivity index (χ0) is 24.2. The number of rotatable bonds is 6. The van der Waals surface area contributed by atoms with Crippen molar-refractivity contribution in [2.75, 3.05) is 37.7 Å². The number of non-ortho nitro benzene ring substituents is 1. The predicted molar refractivity (Wildman–Crippen MR) is 125 cm³/mol. The van der Waals surface area contributed by atoms with Crippen molar-refractivity contribution in [2.24, 2.45) is 0 Å². The number of hydrogen-bond donors (Lipinski definition) is 0. The van der Waals surface area contributed by atoms with Gasteiger partial charge in [0.2, 0.25) is 0 Å². The van der Waals surface area contributed by atoms with Crippen molar-refractivity contribution >= 4 is 23.3 Å². The topological polar surface area (TPSA) is 111 Å². The third-order valence-electron chi connectivity index (χ3n) is 5.86. The molecule has 0 saturated carbocycles. The van der Waals surface area contributed by atoms with Gasteiger partial charge >= 0.3 is 5.97 Å². The average Bonchev–Trinajstić information content (AvgIpc) is 3.25. The van der Waals surface area contributed by atoms with Crippen LogP contribution >= 0.6 is 0 Å². The normalized spacial score (nSPS) is 13.6.